The molecule has 3 N–H and O–H groups in total. The summed E-state index contributed by atoms with van der Waals surface area (Å²) in [6.45, 7) is 4.20. The van der Waals surface area contributed by atoms with Crippen LogP contribution in [0.25, 0.3) is 0 Å². The summed E-state index contributed by atoms with van der Waals surface area (Å²) in [5, 5.41) is 3.15. The van der Waals surface area contributed by atoms with Gasteiger partial charge >= 0.3 is 0 Å². The lowest BCUT2D eigenvalue weighted by molar-refractivity contribution is 0.158. The average molecular weight is 181 g/mol. The maximum Gasteiger partial charge on any atom is 0.0638 e. The Bertz CT molecular complexity index is 252. The number of rotatable bonds is 5. The molecule has 0 spiro atoms. The summed E-state index contributed by atoms with van der Waals surface area (Å²) in [5.41, 5.74) is 7.15. The van der Waals surface area contributed by atoms with Crippen LogP contribution in [0.15, 0.2) is 18.5 Å². The molecule has 4 nitrogen and oxygen atoms in total. The summed E-state index contributed by atoms with van der Waals surface area (Å²) in [7, 11) is 0. The van der Waals surface area contributed by atoms with E-state index in [1.807, 2.05) is 13.0 Å². The third kappa shape index (κ3) is 3.75. The maximum atomic E-state index is 5.56. The normalized spacial score (nSPS) is 9.92. The van der Waals surface area contributed by atoms with Gasteiger partial charge in [-0.1, -0.05) is 0 Å². The first-order valence-corrected chi connectivity index (χ1v) is 4.35. The van der Waals surface area contributed by atoms with E-state index in [2.05, 4.69) is 10.3 Å². The Morgan fingerprint density at radius 2 is 2.38 bits per heavy atom. The van der Waals surface area contributed by atoms with Gasteiger partial charge in [0.1, 0.15) is 0 Å². The van der Waals surface area contributed by atoms with Crippen molar-refractivity contribution in [3.05, 3.63) is 18.5 Å². The zero-order chi connectivity index (χ0) is 9.52. The number of nitrogens with zero attached hydrogens (tertiary/aromatic N) is 1. The maximum absolute atomic E-state index is 5.56. The lowest BCUT2D eigenvalue weighted by Gasteiger charge is -2.05. The second kappa shape index (κ2) is 5.37. The Labute approximate surface area is 78.1 Å². The largest absolute Gasteiger partial charge is 0.397 e. The van der Waals surface area contributed by atoms with E-state index in [4.69, 9.17) is 10.5 Å². The number of nitrogen functional groups attached to an aromatic ring is 1. The first kappa shape index (κ1) is 9.80. The molecule has 1 heterocycles. The summed E-state index contributed by atoms with van der Waals surface area (Å²) in [5.74, 6) is 0. The molecular weight excluding hydrogens is 166 g/mol. The highest BCUT2D eigenvalue weighted by Crippen LogP contribution is 2.08. The number of hydrogen-bond donors (Lipinski definition) is 2. The van der Waals surface area contributed by atoms with Crippen LogP contribution < -0.4 is 11.1 Å². The molecule has 1 aromatic heterocycles. The number of pyridine rings is 1. The Morgan fingerprint density at radius 3 is 3.08 bits per heavy atom. The Hall–Kier alpha value is -1.29. The minimum Gasteiger partial charge on any atom is -0.397 e. The monoisotopic (exact) mass is 181 g/mol. The Morgan fingerprint density at radius 1 is 1.54 bits per heavy atom. The van der Waals surface area contributed by atoms with Crippen LogP contribution in [0.3, 0.4) is 0 Å². The number of hydrogen-bond acceptors (Lipinski definition) is 4. The van der Waals surface area contributed by atoms with Gasteiger partial charge in [-0.05, 0) is 13.0 Å². The third-order valence-corrected chi connectivity index (χ3v) is 1.54. The molecule has 0 bridgehead atoms. The topological polar surface area (TPSA) is 60.2 Å². The molecule has 0 aliphatic carbocycles. The third-order valence-electron chi connectivity index (χ3n) is 1.54. The fourth-order valence-electron chi connectivity index (χ4n) is 0.966. The molecule has 13 heavy (non-hydrogen) atoms. The molecule has 0 fully saturated rings. The van der Waals surface area contributed by atoms with Crippen molar-refractivity contribution in [2.75, 3.05) is 30.8 Å². The van der Waals surface area contributed by atoms with Crippen LogP contribution in [0.4, 0.5) is 11.4 Å². The van der Waals surface area contributed by atoms with Crippen molar-refractivity contribution in [3.8, 4) is 0 Å². The lowest BCUT2D eigenvalue weighted by atomic mass is 10.4. The summed E-state index contributed by atoms with van der Waals surface area (Å²) < 4.78 is 5.17. The van der Waals surface area contributed by atoms with Crippen LogP contribution in [0.1, 0.15) is 6.92 Å². The van der Waals surface area contributed by atoms with Crippen molar-refractivity contribution >= 4 is 11.4 Å². The van der Waals surface area contributed by atoms with E-state index in [1.165, 1.54) is 0 Å². The van der Waals surface area contributed by atoms with Gasteiger partial charge in [-0.2, -0.15) is 0 Å². The quantitative estimate of drug-likeness (QED) is 0.668. The second-order valence-corrected chi connectivity index (χ2v) is 2.63. The molecule has 0 radical (unpaired) electrons. The predicted octanol–water partition coefficient (Wildman–Crippen LogP) is 1.11. The van der Waals surface area contributed by atoms with E-state index in [-0.39, 0.29) is 0 Å². The van der Waals surface area contributed by atoms with Gasteiger partial charge in [0.25, 0.3) is 0 Å². The van der Waals surface area contributed by atoms with Crippen molar-refractivity contribution in [2.45, 2.75) is 6.92 Å². The predicted molar refractivity (Wildman–Crippen MR) is 53.6 cm³/mol. The summed E-state index contributed by atoms with van der Waals surface area (Å²) in [6, 6.07) is 1.85. The van der Waals surface area contributed by atoms with Crippen molar-refractivity contribution in [3.63, 3.8) is 0 Å². The van der Waals surface area contributed by atoms with Gasteiger partial charge in [0.15, 0.2) is 0 Å². The Balaban J connectivity index is 2.28. The van der Waals surface area contributed by atoms with Gasteiger partial charge in [0, 0.05) is 19.3 Å². The highest BCUT2D eigenvalue weighted by Gasteiger charge is 1.92. The van der Waals surface area contributed by atoms with Crippen molar-refractivity contribution in [1.29, 1.82) is 0 Å². The summed E-state index contributed by atoms with van der Waals surface area (Å²) in [4.78, 5) is 3.95. The number of nitrogens with two attached hydrogens (primary N) is 1. The van der Waals surface area contributed by atoms with Gasteiger partial charge in [0.2, 0.25) is 0 Å². The number of anilines is 2. The molecule has 0 aliphatic heterocycles. The van der Waals surface area contributed by atoms with Gasteiger partial charge < -0.3 is 15.8 Å². The van der Waals surface area contributed by atoms with Gasteiger partial charge in [-0.3, -0.25) is 4.98 Å². The van der Waals surface area contributed by atoms with Crippen LogP contribution in [-0.2, 0) is 4.74 Å². The van der Waals surface area contributed by atoms with Crippen LogP contribution in [0.5, 0.6) is 0 Å². The van der Waals surface area contributed by atoms with Crippen LogP contribution in [0, 0.1) is 0 Å². The van der Waals surface area contributed by atoms with Crippen LogP contribution in [-0.4, -0.2) is 24.7 Å². The number of aromatic nitrogens is 1. The second-order valence-electron chi connectivity index (χ2n) is 2.63. The molecule has 0 amide bonds. The first-order valence-electron chi connectivity index (χ1n) is 4.35. The minimum absolute atomic E-state index is 0.668. The smallest absolute Gasteiger partial charge is 0.0638 e. The molecule has 0 unspecified atom stereocenters. The zero-order valence-corrected chi connectivity index (χ0v) is 7.79. The van der Waals surface area contributed by atoms with E-state index in [9.17, 15) is 0 Å². The fraction of sp³-hybridized carbons (Fsp3) is 0.444. The molecule has 0 saturated heterocycles. The molecule has 0 aromatic carbocycles. The van der Waals surface area contributed by atoms with Gasteiger partial charge in [0.05, 0.1) is 24.2 Å². The molecule has 72 valence electrons. The van der Waals surface area contributed by atoms with Gasteiger partial charge in [-0.15, -0.1) is 0 Å². The molecule has 4 heteroatoms. The molecular formula is C9H15N3O. The zero-order valence-electron chi connectivity index (χ0n) is 7.79. The van der Waals surface area contributed by atoms with Gasteiger partial charge in [-0.25, -0.2) is 0 Å². The molecule has 1 rings (SSSR count). The fourth-order valence-corrected chi connectivity index (χ4v) is 0.966. The first-order chi connectivity index (χ1) is 6.33. The lowest BCUT2D eigenvalue weighted by Crippen LogP contribution is -2.09. The van der Waals surface area contributed by atoms with E-state index < -0.39 is 0 Å². The highest BCUT2D eigenvalue weighted by molar-refractivity contribution is 5.51. The number of ether oxygens (including phenoxy) is 1. The molecule has 0 atom stereocenters. The van der Waals surface area contributed by atoms with Crippen LogP contribution in [0.2, 0.25) is 0 Å². The van der Waals surface area contributed by atoms with E-state index in [0.717, 1.165) is 18.8 Å². The highest BCUT2D eigenvalue weighted by atomic mass is 16.5. The minimum atomic E-state index is 0.668. The van der Waals surface area contributed by atoms with Crippen molar-refractivity contribution in [1.82, 2.24) is 4.98 Å². The summed E-state index contributed by atoms with van der Waals surface area (Å²) >= 11 is 0. The Kier molecular flexibility index (Phi) is 4.05. The average Bonchev–Trinajstić information content (AvgIpc) is 2.13. The summed E-state index contributed by atoms with van der Waals surface area (Å²) in [6.07, 6.45) is 3.36. The standard InChI is InChI=1S/C9H15N3O/c1-2-13-4-3-12-9-5-8(10)6-11-7-9/h5-7,12H,2-4,10H2,1H3. The van der Waals surface area contributed by atoms with Crippen molar-refractivity contribution < 1.29 is 4.74 Å². The SMILES string of the molecule is CCOCCNc1cncc(N)c1. The van der Waals surface area contributed by atoms with Crippen LogP contribution >= 0.6 is 0 Å². The van der Waals surface area contributed by atoms with E-state index >= 15 is 0 Å². The molecule has 0 saturated carbocycles. The van der Waals surface area contributed by atoms with E-state index in [1.54, 1.807) is 12.4 Å². The van der Waals surface area contributed by atoms with Crippen molar-refractivity contribution in [2.24, 2.45) is 0 Å². The molecule has 1 aromatic rings. The van der Waals surface area contributed by atoms with E-state index in [0.29, 0.717) is 12.3 Å². The number of nitrogens with one attached hydrogen (secondary N) is 1. The molecule has 0 aliphatic rings.